The van der Waals surface area contributed by atoms with Gasteiger partial charge in [0.2, 0.25) is 11.8 Å². The summed E-state index contributed by atoms with van der Waals surface area (Å²) in [5.74, 6) is 0.0361. The van der Waals surface area contributed by atoms with Crippen LogP contribution in [-0.4, -0.2) is 60.6 Å². The summed E-state index contributed by atoms with van der Waals surface area (Å²) >= 11 is 1.68. The predicted octanol–water partition coefficient (Wildman–Crippen LogP) is 4.64. The summed E-state index contributed by atoms with van der Waals surface area (Å²) in [7, 11) is 0. The first-order valence-electron chi connectivity index (χ1n) is 12.7. The Bertz CT molecular complexity index is 1190. The smallest absolute Gasteiger partial charge is 0.242 e. The van der Waals surface area contributed by atoms with E-state index in [1.165, 1.54) is 17.0 Å². The summed E-state index contributed by atoms with van der Waals surface area (Å²) in [4.78, 5) is 31.8. The van der Waals surface area contributed by atoms with Crippen LogP contribution < -0.4 is 4.74 Å². The molecule has 2 atom stereocenters. The molecule has 0 N–H and O–H groups in total. The number of ether oxygens (including phenoxy) is 2. The summed E-state index contributed by atoms with van der Waals surface area (Å²) in [6.07, 6.45) is 2.83. The molecule has 3 aromatic rings. The van der Waals surface area contributed by atoms with Crippen molar-refractivity contribution in [2.45, 2.75) is 37.8 Å². The van der Waals surface area contributed by atoms with Gasteiger partial charge in [0.1, 0.15) is 18.2 Å². The van der Waals surface area contributed by atoms with E-state index in [2.05, 4.69) is 0 Å². The molecule has 6 nitrogen and oxygen atoms in total. The molecule has 2 aromatic carbocycles. The van der Waals surface area contributed by atoms with Gasteiger partial charge in [0.25, 0.3) is 0 Å². The normalized spacial score (nSPS) is 18.9. The van der Waals surface area contributed by atoms with Gasteiger partial charge in [-0.2, -0.15) is 0 Å². The van der Waals surface area contributed by atoms with Crippen molar-refractivity contribution in [3.63, 3.8) is 0 Å². The monoisotopic (exact) mass is 522 g/mol. The number of nitrogens with zero attached hydrogens (tertiary/aromatic N) is 2. The highest BCUT2D eigenvalue weighted by Crippen LogP contribution is 2.34. The fraction of sp³-hybridized carbons (Fsp3) is 0.379. The molecule has 1 fully saturated rings. The van der Waals surface area contributed by atoms with Crippen LogP contribution in [0, 0.1) is 5.82 Å². The lowest BCUT2D eigenvalue weighted by atomic mass is 10.00. The molecule has 37 heavy (non-hydrogen) atoms. The second-order valence-electron chi connectivity index (χ2n) is 9.49. The van der Waals surface area contributed by atoms with Crippen molar-refractivity contribution in [3.8, 4) is 5.75 Å². The van der Waals surface area contributed by atoms with Crippen molar-refractivity contribution in [3.05, 3.63) is 87.9 Å². The first kappa shape index (κ1) is 25.4. The van der Waals surface area contributed by atoms with Gasteiger partial charge >= 0.3 is 0 Å². The minimum atomic E-state index is -0.326. The average Bonchev–Trinajstić information content (AvgIpc) is 3.60. The Balaban J connectivity index is 1.31. The zero-order valence-corrected chi connectivity index (χ0v) is 21.5. The van der Waals surface area contributed by atoms with Crippen LogP contribution in [0.15, 0.2) is 66.0 Å². The van der Waals surface area contributed by atoms with Crippen LogP contribution >= 0.6 is 11.3 Å². The lowest BCUT2D eigenvalue weighted by Gasteiger charge is -2.37. The summed E-state index contributed by atoms with van der Waals surface area (Å²) < 4.78 is 25.1. The van der Waals surface area contributed by atoms with Crippen molar-refractivity contribution < 1.29 is 23.5 Å². The van der Waals surface area contributed by atoms with Crippen molar-refractivity contribution in [2.75, 3.05) is 32.8 Å². The highest BCUT2D eigenvalue weighted by Gasteiger charge is 2.34. The fourth-order valence-corrected chi connectivity index (χ4v) is 5.93. The number of thiophene rings is 1. The topological polar surface area (TPSA) is 59.1 Å². The van der Waals surface area contributed by atoms with Crippen molar-refractivity contribution in [1.82, 2.24) is 9.80 Å². The number of amides is 2. The molecule has 0 bridgehead atoms. The van der Waals surface area contributed by atoms with E-state index in [0.29, 0.717) is 25.4 Å². The van der Waals surface area contributed by atoms with Gasteiger partial charge in [0, 0.05) is 24.6 Å². The molecule has 8 heteroatoms. The Morgan fingerprint density at radius 2 is 1.92 bits per heavy atom. The van der Waals surface area contributed by atoms with Crippen LogP contribution in [-0.2, 0) is 27.2 Å². The van der Waals surface area contributed by atoms with Crippen molar-refractivity contribution in [1.29, 1.82) is 0 Å². The summed E-state index contributed by atoms with van der Waals surface area (Å²) in [5, 5.41) is 2.04. The highest BCUT2D eigenvalue weighted by atomic mass is 32.1. The Morgan fingerprint density at radius 3 is 2.68 bits per heavy atom. The molecule has 1 aromatic heterocycles. The Hall–Kier alpha value is -3.23. The minimum absolute atomic E-state index is 0.00194. The summed E-state index contributed by atoms with van der Waals surface area (Å²) in [5.41, 5.74) is 2.00. The largest absolute Gasteiger partial charge is 0.491 e. The maximum Gasteiger partial charge on any atom is 0.242 e. The van der Waals surface area contributed by atoms with E-state index in [9.17, 15) is 14.0 Å². The van der Waals surface area contributed by atoms with Crippen LogP contribution in [0.4, 0.5) is 4.39 Å². The van der Waals surface area contributed by atoms with Crippen LogP contribution in [0.1, 0.15) is 34.9 Å². The van der Waals surface area contributed by atoms with E-state index in [4.69, 9.17) is 9.47 Å². The van der Waals surface area contributed by atoms with E-state index in [1.54, 1.807) is 28.4 Å². The molecule has 0 spiro atoms. The second kappa shape index (κ2) is 11.9. The fourth-order valence-electron chi connectivity index (χ4n) is 5.01. The maximum absolute atomic E-state index is 13.7. The highest BCUT2D eigenvalue weighted by molar-refractivity contribution is 7.10. The first-order chi connectivity index (χ1) is 18.1. The number of carbonyl (C=O) groups is 2. The molecular weight excluding hydrogens is 491 g/mol. The molecule has 0 saturated carbocycles. The lowest BCUT2D eigenvalue weighted by molar-refractivity contribution is -0.143. The van der Waals surface area contributed by atoms with E-state index in [0.717, 1.165) is 30.4 Å². The number of halogens is 1. The van der Waals surface area contributed by atoms with E-state index >= 15 is 0 Å². The third-order valence-electron chi connectivity index (χ3n) is 6.96. The van der Waals surface area contributed by atoms with Crippen LogP contribution in [0.5, 0.6) is 5.75 Å². The summed E-state index contributed by atoms with van der Waals surface area (Å²) in [6.45, 7) is 1.91. The van der Waals surface area contributed by atoms with Gasteiger partial charge < -0.3 is 19.3 Å². The van der Waals surface area contributed by atoms with Gasteiger partial charge in [0.05, 0.1) is 25.1 Å². The number of fused-ring (bicyclic) bond motifs is 1. The third-order valence-corrected chi connectivity index (χ3v) is 7.96. The maximum atomic E-state index is 13.7. The van der Waals surface area contributed by atoms with Crippen molar-refractivity contribution >= 4 is 23.2 Å². The molecule has 1 saturated heterocycles. The molecule has 2 aliphatic rings. The average molecular weight is 523 g/mol. The molecule has 194 valence electrons. The molecule has 3 heterocycles. The minimum Gasteiger partial charge on any atom is -0.491 e. The van der Waals surface area contributed by atoms with E-state index < -0.39 is 0 Å². The zero-order valence-electron chi connectivity index (χ0n) is 20.7. The summed E-state index contributed by atoms with van der Waals surface area (Å²) in [6, 6.07) is 17.3. The van der Waals surface area contributed by atoms with Gasteiger partial charge in [-0.1, -0.05) is 30.3 Å². The lowest BCUT2D eigenvalue weighted by Crippen LogP contribution is -2.49. The van der Waals surface area contributed by atoms with Gasteiger partial charge in [-0.3, -0.25) is 9.59 Å². The number of carbonyl (C=O) groups excluding carboxylic acids is 2. The molecule has 0 aliphatic carbocycles. The molecule has 2 amide bonds. The molecular formula is C29H31FN2O4S. The van der Waals surface area contributed by atoms with Crippen LogP contribution in [0.3, 0.4) is 0 Å². The first-order valence-corrected chi connectivity index (χ1v) is 13.6. The zero-order chi connectivity index (χ0) is 25.6. The SMILES string of the molecule is O=C(Cc1ccccc1)N(CC(=O)N1CCc2sccc2C1COc1ccc(F)cc1)CC1CCCO1. The van der Waals surface area contributed by atoms with Gasteiger partial charge in [0.15, 0.2) is 0 Å². The number of benzene rings is 2. The molecule has 0 radical (unpaired) electrons. The van der Waals surface area contributed by atoms with Gasteiger partial charge in [-0.25, -0.2) is 4.39 Å². The van der Waals surface area contributed by atoms with Crippen LogP contribution in [0.25, 0.3) is 0 Å². The van der Waals surface area contributed by atoms with Gasteiger partial charge in [-0.15, -0.1) is 11.3 Å². The number of hydrogen-bond acceptors (Lipinski definition) is 5. The number of hydrogen-bond donors (Lipinski definition) is 0. The Kier molecular flexibility index (Phi) is 8.16. The Labute approximate surface area is 220 Å². The standard InChI is InChI=1S/C29H31FN2O4S/c30-22-8-10-23(11-9-22)36-20-26-25-13-16-37-27(25)12-14-32(26)29(34)19-31(18-24-7-4-15-35-24)28(33)17-21-5-2-1-3-6-21/h1-3,5-6,8-11,13,16,24,26H,4,7,12,14-15,17-20H2. The van der Waals surface area contributed by atoms with Gasteiger partial charge in [-0.05, 0) is 66.1 Å². The Morgan fingerprint density at radius 1 is 1.11 bits per heavy atom. The predicted molar refractivity (Wildman–Crippen MR) is 140 cm³/mol. The van der Waals surface area contributed by atoms with E-state index in [1.807, 2.05) is 46.7 Å². The molecule has 2 aliphatic heterocycles. The number of rotatable bonds is 9. The molecule has 5 rings (SSSR count). The van der Waals surface area contributed by atoms with E-state index in [-0.39, 0.29) is 49.3 Å². The quantitative estimate of drug-likeness (QED) is 0.411. The third kappa shape index (κ3) is 6.37. The van der Waals surface area contributed by atoms with Crippen LogP contribution in [0.2, 0.25) is 0 Å². The van der Waals surface area contributed by atoms with Crippen molar-refractivity contribution in [2.24, 2.45) is 0 Å². The molecule has 2 unspecified atom stereocenters. The second-order valence-corrected chi connectivity index (χ2v) is 10.5.